The first-order valence-corrected chi connectivity index (χ1v) is 6.49. The van der Waals surface area contributed by atoms with Gasteiger partial charge in [0.25, 0.3) is 0 Å². The molecule has 0 aliphatic carbocycles. The van der Waals surface area contributed by atoms with Crippen LogP contribution in [0.2, 0.25) is 0 Å². The lowest BCUT2D eigenvalue weighted by atomic mass is 9.89. The van der Waals surface area contributed by atoms with Crippen LogP contribution in [0.1, 0.15) is 50.4 Å². The molecule has 1 rings (SSSR count). The molecule has 4 N–H and O–H groups in total. The summed E-state index contributed by atoms with van der Waals surface area (Å²) in [5, 5.41) is 12.2. The van der Waals surface area contributed by atoms with E-state index in [0.29, 0.717) is 0 Å². The number of nitrogen functional groups attached to an aromatic ring is 1. The van der Waals surface area contributed by atoms with Crippen molar-refractivity contribution >= 4 is 17.3 Å². The van der Waals surface area contributed by atoms with E-state index in [1.54, 1.807) is 0 Å². The molecule has 0 unspecified atom stereocenters. The average Bonchev–Trinajstić information content (AvgIpc) is 2.38. The van der Waals surface area contributed by atoms with Gasteiger partial charge in [0, 0.05) is 11.2 Å². The van der Waals surface area contributed by atoms with E-state index in [2.05, 4.69) is 5.32 Å². The van der Waals surface area contributed by atoms with Crippen LogP contribution in [0.4, 0.5) is 15.8 Å². The number of nitrogens with one attached hydrogen (secondary N) is 1. The minimum absolute atomic E-state index is 0.0642. The standard InChI is InChI=1S/C14H21FN2O2/c1-4-14(5-2,6-3)17-12-7-9(13(18)19)11(16)8-10(12)15/h7-8,17H,4-6,16H2,1-3H3,(H,18,19). The molecule has 19 heavy (non-hydrogen) atoms. The van der Waals surface area contributed by atoms with E-state index >= 15 is 0 Å². The smallest absolute Gasteiger partial charge is 0.337 e. The summed E-state index contributed by atoms with van der Waals surface area (Å²) in [6, 6.07) is 2.32. The minimum atomic E-state index is -1.16. The predicted molar refractivity (Wildman–Crippen MR) is 75.0 cm³/mol. The highest BCUT2D eigenvalue weighted by atomic mass is 19.1. The Morgan fingerprint density at radius 1 is 1.32 bits per heavy atom. The molecule has 0 aliphatic rings. The summed E-state index contributed by atoms with van der Waals surface area (Å²) in [6.07, 6.45) is 2.48. The van der Waals surface area contributed by atoms with Gasteiger partial charge in [0.2, 0.25) is 0 Å². The van der Waals surface area contributed by atoms with Crippen molar-refractivity contribution in [2.24, 2.45) is 0 Å². The van der Waals surface area contributed by atoms with Crippen LogP contribution in [0.25, 0.3) is 0 Å². The van der Waals surface area contributed by atoms with Gasteiger partial charge in [-0.25, -0.2) is 9.18 Å². The lowest BCUT2D eigenvalue weighted by molar-refractivity contribution is 0.0698. The highest BCUT2D eigenvalue weighted by molar-refractivity contribution is 5.94. The maximum Gasteiger partial charge on any atom is 0.337 e. The molecule has 0 radical (unpaired) electrons. The number of anilines is 2. The van der Waals surface area contributed by atoms with Crippen LogP contribution in [-0.2, 0) is 0 Å². The first kappa shape index (κ1) is 15.3. The third kappa shape index (κ3) is 3.16. The van der Waals surface area contributed by atoms with E-state index in [9.17, 15) is 9.18 Å². The lowest BCUT2D eigenvalue weighted by Gasteiger charge is -2.33. The molecule has 0 atom stereocenters. The molecule has 106 valence electrons. The minimum Gasteiger partial charge on any atom is -0.478 e. The molecule has 4 nitrogen and oxygen atoms in total. The van der Waals surface area contributed by atoms with E-state index in [4.69, 9.17) is 10.8 Å². The predicted octanol–water partition coefficient (Wildman–Crippen LogP) is 3.49. The van der Waals surface area contributed by atoms with Crippen LogP contribution < -0.4 is 11.1 Å². The van der Waals surface area contributed by atoms with Crippen molar-refractivity contribution in [2.45, 2.75) is 45.6 Å². The Labute approximate surface area is 112 Å². The second kappa shape index (κ2) is 5.91. The molecule has 0 saturated heterocycles. The summed E-state index contributed by atoms with van der Waals surface area (Å²) in [5.74, 6) is -1.68. The number of rotatable bonds is 6. The SMILES string of the molecule is CCC(CC)(CC)Nc1cc(C(=O)O)c(N)cc1F. The lowest BCUT2D eigenvalue weighted by Crippen LogP contribution is -2.36. The number of aromatic carboxylic acids is 1. The highest BCUT2D eigenvalue weighted by Crippen LogP contribution is 2.29. The number of benzene rings is 1. The van der Waals surface area contributed by atoms with Gasteiger partial charge in [0.1, 0.15) is 5.82 Å². The highest BCUT2D eigenvalue weighted by Gasteiger charge is 2.25. The quantitative estimate of drug-likeness (QED) is 0.690. The van der Waals surface area contributed by atoms with Gasteiger partial charge in [-0.05, 0) is 31.4 Å². The van der Waals surface area contributed by atoms with Crippen LogP contribution in [0.15, 0.2) is 12.1 Å². The second-order valence-electron chi connectivity index (χ2n) is 4.69. The normalized spacial score (nSPS) is 11.4. The van der Waals surface area contributed by atoms with Crippen molar-refractivity contribution in [3.63, 3.8) is 0 Å². The van der Waals surface area contributed by atoms with Gasteiger partial charge >= 0.3 is 5.97 Å². The Bertz CT molecular complexity index is 462. The van der Waals surface area contributed by atoms with Crippen LogP contribution >= 0.6 is 0 Å². The molecule has 1 aromatic carbocycles. The van der Waals surface area contributed by atoms with E-state index in [1.807, 2.05) is 20.8 Å². The number of nitrogens with two attached hydrogens (primary N) is 1. The number of halogens is 1. The zero-order chi connectivity index (χ0) is 14.6. The third-order valence-electron chi connectivity index (χ3n) is 3.80. The van der Waals surface area contributed by atoms with Crippen molar-refractivity contribution in [3.8, 4) is 0 Å². The molecule has 0 heterocycles. The fourth-order valence-electron chi connectivity index (χ4n) is 2.17. The molecule has 5 heteroatoms. The van der Waals surface area contributed by atoms with Crippen molar-refractivity contribution in [1.29, 1.82) is 0 Å². The largest absolute Gasteiger partial charge is 0.478 e. The summed E-state index contributed by atoms with van der Waals surface area (Å²) >= 11 is 0. The van der Waals surface area contributed by atoms with Crippen molar-refractivity contribution in [2.75, 3.05) is 11.1 Å². The van der Waals surface area contributed by atoms with Gasteiger partial charge in [-0.2, -0.15) is 0 Å². The molecule has 0 bridgehead atoms. The summed E-state index contributed by atoms with van der Waals surface area (Å²) < 4.78 is 13.9. The molecule has 0 saturated carbocycles. The van der Waals surface area contributed by atoms with E-state index in [1.165, 1.54) is 6.07 Å². The molecular weight excluding hydrogens is 247 g/mol. The Kier molecular flexibility index (Phi) is 4.75. The molecule has 1 aromatic rings. The maximum absolute atomic E-state index is 13.9. The van der Waals surface area contributed by atoms with E-state index in [0.717, 1.165) is 25.3 Å². The third-order valence-corrected chi connectivity index (χ3v) is 3.80. The Balaban J connectivity index is 3.20. The molecule has 0 aromatic heterocycles. The van der Waals surface area contributed by atoms with Gasteiger partial charge in [-0.15, -0.1) is 0 Å². The summed E-state index contributed by atoms with van der Waals surface area (Å²) in [4.78, 5) is 11.0. The Morgan fingerprint density at radius 2 is 1.84 bits per heavy atom. The van der Waals surface area contributed by atoms with Crippen LogP contribution in [0.3, 0.4) is 0 Å². The van der Waals surface area contributed by atoms with E-state index < -0.39 is 11.8 Å². The van der Waals surface area contributed by atoms with Gasteiger partial charge in [0.15, 0.2) is 0 Å². The molecule has 0 spiro atoms. The molecule has 0 aliphatic heterocycles. The average molecular weight is 268 g/mol. The number of carboxylic acid groups (broad SMARTS) is 1. The number of hydrogen-bond acceptors (Lipinski definition) is 3. The van der Waals surface area contributed by atoms with Crippen LogP contribution in [0, 0.1) is 5.82 Å². The number of carboxylic acids is 1. The topological polar surface area (TPSA) is 75.3 Å². The van der Waals surface area contributed by atoms with Crippen molar-refractivity contribution < 1.29 is 14.3 Å². The van der Waals surface area contributed by atoms with Crippen LogP contribution in [0.5, 0.6) is 0 Å². The summed E-state index contributed by atoms with van der Waals surface area (Å²) in [5.41, 5.74) is 5.32. The maximum atomic E-state index is 13.9. The summed E-state index contributed by atoms with van der Waals surface area (Å²) in [7, 11) is 0. The number of carbonyl (C=O) groups is 1. The fourth-order valence-corrected chi connectivity index (χ4v) is 2.17. The van der Waals surface area contributed by atoms with Crippen molar-refractivity contribution in [3.05, 3.63) is 23.5 Å². The zero-order valence-corrected chi connectivity index (χ0v) is 11.6. The van der Waals surface area contributed by atoms with Gasteiger partial charge in [-0.3, -0.25) is 0 Å². The van der Waals surface area contributed by atoms with Gasteiger partial charge in [-0.1, -0.05) is 20.8 Å². The van der Waals surface area contributed by atoms with E-state index in [-0.39, 0.29) is 22.5 Å². The van der Waals surface area contributed by atoms with Crippen molar-refractivity contribution in [1.82, 2.24) is 0 Å². The summed E-state index contributed by atoms with van der Waals surface area (Å²) in [6.45, 7) is 6.06. The van der Waals surface area contributed by atoms with Gasteiger partial charge < -0.3 is 16.2 Å². The first-order valence-electron chi connectivity index (χ1n) is 6.49. The molecule has 0 amide bonds. The fraction of sp³-hybridized carbons (Fsp3) is 0.500. The molecular formula is C14H21FN2O2. The number of hydrogen-bond donors (Lipinski definition) is 3. The Hall–Kier alpha value is -1.78. The zero-order valence-electron chi connectivity index (χ0n) is 11.6. The molecule has 0 fully saturated rings. The first-order chi connectivity index (χ1) is 8.89. The van der Waals surface area contributed by atoms with Gasteiger partial charge in [0.05, 0.1) is 11.3 Å². The van der Waals surface area contributed by atoms with Crippen LogP contribution in [-0.4, -0.2) is 16.6 Å². The second-order valence-corrected chi connectivity index (χ2v) is 4.69. The monoisotopic (exact) mass is 268 g/mol. The Morgan fingerprint density at radius 3 is 2.26 bits per heavy atom.